The van der Waals surface area contributed by atoms with Gasteiger partial charge >= 0.3 is 0 Å². The number of imidazole rings is 1. The lowest BCUT2D eigenvalue weighted by Crippen LogP contribution is -2.16. The highest BCUT2D eigenvalue weighted by atomic mass is 15.3. The van der Waals surface area contributed by atoms with Crippen molar-refractivity contribution >= 4 is 23.0 Å². The van der Waals surface area contributed by atoms with Crippen molar-refractivity contribution in [3.63, 3.8) is 0 Å². The number of nitrogens with two attached hydrogens (primary N) is 1. The Hall–Kier alpha value is -2.60. The number of aromatic nitrogens is 3. The predicted octanol–water partition coefficient (Wildman–Crippen LogP) is 1.78. The largest absolute Gasteiger partial charge is 0.326 e. The predicted molar refractivity (Wildman–Crippen MR) is 75.3 cm³/mol. The summed E-state index contributed by atoms with van der Waals surface area (Å²) in [5.41, 5.74) is 4.39. The van der Waals surface area contributed by atoms with Crippen LogP contribution in [0.5, 0.6) is 0 Å². The molecular weight excluding hydrogens is 240 g/mol. The number of fused-ring (bicyclic) bond motifs is 1. The summed E-state index contributed by atoms with van der Waals surface area (Å²) in [6, 6.07) is 9.99. The Balaban J connectivity index is 2.16. The molecule has 0 aliphatic carbocycles. The molecule has 3 rings (SSSR count). The van der Waals surface area contributed by atoms with Gasteiger partial charge < -0.3 is 14.7 Å². The van der Waals surface area contributed by atoms with E-state index in [9.17, 15) is 0 Å². The van der Waals surface area contributed by atoms with Gasteiger partial charge in [-0.25, -0.2) is 15.8 Å². The van der Waals surface area contributed by atoms with Gasteiger partial charge in [0, 0.05) is 25.1 Å². The van der Waals surface area contributed by atoms with E-state index in [1.54, 1.807) is 12.4 Å². The summed E-state index contributed by atoms with van der Waals surface area (Å²) in [5.74, 6) is 6.78. The van der Waals surface area contributed by atoms with Crippen molar-refractivity contribution in [2.75, 3.05) is 17.4 Å². The van der Waals surface area contributed by atoms with Gasteiger partial charge in [-0.05, 0) is 12.1 Å². The van der Waals surface area contributed by atoms with Crippen molar-refractivity contribution < 1.29 is 0 Å². The summed E-state index contributed by atoms with van der Waals surface area (Å²) in [5, 5.41) is 0. The first-order chi connectivity index (χ1) is 9.29. The number of hydrogen-bond acceptors (Lipinski definition) is 5. The van der Waals surface area contributed by atoms with Crippen LogP contribution < -0.4 is 16.2 Å². The molecule has 0 amide bonds. The molecule has 2 heterocycles. The molecule has 0 fully saturated rings. The Kier molecular flexibility index (Phi) is 2.77. The van der Waals surface area contributed by atoms with Crippen molar-refractivity contribution in [2.24, 2.45) is 5.84 Å². The van der Waals surface area contributed by atoms with Crippen LogP contribution in [0.25, 0.3) is 5.65 Å². The minimum Gasteiger partial charge on any atom is -0.326 e. The molecule has 0 saturated carbocycles. The maximum Gasteiger partial charge on any atom is 0.180 e. The molecule has 0 radical (unpaired) electrons. The van der Waals surface area contributed by atoms with E-state index in [1.807, 2.05) is 52.9 Å². The molecule has 1 aromatic carbocycles. The quantitative estimate of drug-likeness (QED) is 0.550. The monoisotopic (exact) mass is 254 g/mol. The molecule has 96 valence electrons. The molecule has 0 spiro atoms. The topological polar surface area (TPSA) is 71.5 Å². The van der Waals surface area contributed by atoms with E-state index in [2.05, 4.69) is 15.4 Å². The first-order valence-corrected chi connectivity index (χ1v) is 5.88. The molecular formula is C13H14N6. The minimum atomic E-state index is 0.586. The van der Waals surface area contributed by atoms with Gasteiger partial charge in [0.2, 0.25) is 0 Å². The van der Waals surface area contributed by atoms with E-state index in [-0.39, 0.29) is 0 Å². The number of nitrogens with zero attached hydrogens (tertiary/aromatic N) is 4. The zero-order chi connectivity index (χ0) is 13.2. The second-order valence-corrected chi connectivity index (χ2v) is 4.15. The number of nitrogen functional groups attached to an aromatic ring is 1. The molecule has 3 N–H and O–H groups in total. The summed E-state index contributed by atoms with van der Waals surface area (Å²) in [7, 11) is 1.95. The number of rotatable bonds is 3. The smallest absolute Gasteiger partial charge is 0.180 e. The van der Waals surface area contributed by atoms with Crippen LogP contribution in [0.4, 0.5) is 17.3 Å². The fraction of sp³-hybridized carbons (Fsp3) is 0.0769. The average molecular weight is 254 g/mol. The lowest BCUT2D eigenvalue weighted by molar-refractivity contribution is 1.06. The molecule has 3 aromatic rings. The lowest BCUT2D eigenvalue weighted by atomic mass is 10.3. The summed E-state index contributed by atoms with van der Waals surface area (Å²) in [4.78, 5) is 10.8. The maximum absolute atomic E-state index is 5.45. The van der Waals surface area contributed by atoms with Crippen LogP contribution in [-0.4, -0.2) is 21.4 Å². The standard InChI is InChI=1S/C13H14N6/c1-18(10-5-3-2-4-6-10)13-12-15-7-8-19(12)9-11(16-13)17-14/h2-9,17H,14H2,1H3. The maximum atomic E-state index is 5.45. The molecule has 0 unspecified atom stereocenters. The number of benzene rings is 1. The second-order valence-electron chi connectivity index (χ2n) is 4.15. The van der Waals surface area contributed by atoms with Crippen molar-refractivity contribution in [3.05, 3.63) is 48.9 Å². The van der Waals surface area contributed by atoms with E-state index >= 15 is 0 Å². The number of anilines is 3. The molecule has 0 saturated heterocycles. The summed E-state index contributed by atoms with van der Waals surface area (Å²) >= 11 is 0. The van der Waals surface area contributed by atoms with Gasteiger partial charge in [-0.3, -0.25) is 0 Å². The van der Waals surface area contributed by atoms with Crippen LogP contribution in [0, 0.1) is 0 Å². The van der Waals surface area contributed by atoms with Crippen LogP contribution >= 0.6 is 0 Å². The van der Waals surface area contributed by atoms with E-state index in [0.29, 0.717) is 5.82 Å². The Bertz CT molecular complexity index is 691. The van der Waals surface area contributed by atoms with Gasteiger partial charge in [-0.1, -0.05) is 18.2 Å². The third kappa shape index (κ3) is 1.98. The Morgan fingerprint density at radius 2 is 2.05 bits per heavy atom. The molecule has 0 bridgehead atoms. The molecule has 0 atom stereocenters. The fourth-order valence-electron chi connectivity index (χ4n) is 1.98. The van der Waals surface area contributed by atoms with Crippen molar-refractivity contribution in [3.8, 4) is 0 Å². The Labute approximate surface area is 110 Å². The molecule has 19 heavy (non-hydrogen) atoms. The van der Waals surface area contributed by atoms with E-state index < -0.39 is 0 Å². The lowest BCUT2D eigenvalue weighted by Gasteiger charge is -2.19. The summed E-state index contributed by atoms with van der Waals surface area (Å²) < 4.78 is 1.89. The Morgan fingerprint density at radius 3 is 2.79 bits per heavy atom. The summed E-state index contributed by atoms with van der Waals surface area (Å²) in [6.45, 7) is 0. The van der Waals surface area contributed by atoms with E-state index in [0.717, 1.165) is 17.2 Å². The first-order valence-electron chi connectivity index (χ1n) is 5.88. The highest BCUT2D eigenvalue weighted by Gasteiger charge is 2.12. The van der Waals surface area contributed by atoms with Gasteiger partial charge in [-0.15, -0.1) is 0 Å². The van der Waals surface area contributed by atoms with Gasteiger partial charge in [0.15, 0.2) is 17.3 Å². The van der Waals surface area contributed by atoms with Crippen molar-refractivity contribution in [2.45, 2.75) is 0 Å². The van der Waals surface area contributed by atoms with E-state index in [1.165, 1.54) is 0 Å². The number of hydrogen-bond donors (Lipinski definition) is 2. The highest BCUT2D eigenvalue weighted by molar-refractivity contribution is 5.73. The van der Waals surface area contributed by atoms with Gasteiger partial charge in [-0.2, -0.15) is 0 Å². The van der Waals surface area contributed by atoms with Gasteiger partial charge in [0.25, 0.3) is 0 Å². The Morgan fingerprint density at radius 1 is 1.26 bits per heavy atom. The van der Waals surface area contributed by atoms with E-state index in [4.69, 9.17) is 5.84 Å². The van der Waals surface area contributed by atoms with Crippen molar-refractivity contribution in [1.29, 1.82) is 0 Å². The number of nitrogens with one attached hydrogen (secondary N) is 1. The van der Waals surface area contributed by atoms with Crippen LogP contribution in [0.2, 0.25) is 0 Å². The molecule has 6 heteroatoms. The van der Waals surface area contributed by atoms with Gasteiger partial charge in [0.05, 0.1) is 6.20 Å². The zero-order valence-electron chi connectivity index (χ0n) is 10.5. The average Bonchev–Trinajstić information content (AvgIpc) is 2.94. The molecule has 0 aliphatic heterocycles. The second kappa shape index (κ2) is 4.58. The van der Waals surface area contributed by atoms with Crippen LogP contribution in [0.15, 0.2) is 48.9 Å². The summed E-state index contributed by atoms with van der Waals surface area (Å²) in [6.07, 6.45) is 5.39. The minimum absolute atomic E-state index is 0.586. The fourth-order valence-corrected chi connectivity index (χ4v) is 1.98. The highest BCUT2D eigenvalue weighted by Crippen LogP contribution is 2.25. The first kappa shape index (κ1) is 11.5. The van der Waals surface area contributed by atoms with Crippen molar-refractivity contribution in [1.82, 2.24) is 14.4 Å². The molecule has 0 aliphatic rings. The molecule has 6 nitrogen and oxygen atoms in total. The van der Waals surface area contributed by atoms with Crippen LogP contribution in [0.1, 0.15) is 0 Å². The van der Waals surface area contributed by atoms with Gasteiger partial charge in [0.1, 0.15) is 0 Å². The SMILES string of the molecule is CN(c1ccccc1)c1nc(NN)cn2ccnc12. The third-order valence-corrected chi connectivity index (χ3v) is 2.97. The normalized spacial score (nSPS) is 10.6. The molecule has 2 aromatic heterocycles. The van der Waals surface area contributed by atoms with Crippen LogP contribution in [-0.2, 0) is 0 Å². The van der Waals surface area contributed by atoms with Crippen LogP contribution in [0.3, 0.4) is 0 Å². The number of para-hydroxylation sites is 1. The third-order valence-electron chi connectivity index (χ3n) is 2.97. The number of hydrazine groups is 1. The zero-order valence-corrected chi connectivity index (χ0v) is 10.5.